The number of carbonyl (C=O) groups is 1. The van der Waals surface area contributed by atoms with Gasteiger partial charge in [0.25, 0.3) is 0 Å². The molecule has 3 rings (SSSR count). The molecule has 2 aromatic rings. The highest BCUT2D eigenvalue weighted by Crippen LogP contribution is 2.38. The minimum atomic E-state index is -0.224. The van der Waals surface area contributed by atoms with Crippen molar-refractivity contribution in [2.24, 2.45) is 0 Å². The number of nitrogens with zero attached hydrogens (tertiary/aromatic N) is 3. The zero-order valence-electron chi connectivity index (χ0n) is 13.6. The van der Waals surface area contributed by atoms with E-state index in [0.717, 1.165) is 41.2 Å². The van der Waals surface area contributed by atoms with Crippen LogP contribution in [0.4, 0.5) is 0 Å². The number of rotatable bonds is 5. The summed E-state index contributed by atoms with van der Waals surface area (Å²) in [4.78, 5) is 25.8. The molecule has 0 unspecified atom stereocenters. The van der Waals surface area contributed by atoms with Crippen LogP contribution >= 0.6 is 11.3 Å². The second-order valence-corrected chi connectivity index (χ2v) is 6.31. The first-order valence-corrected chi connectivity index (χ1v) is 8.54. The van der Waals surface area contributed by atoms with Crippen LogP contribution < -0.4 is 14.3 Å². The van der Waals surface area contributed by atoms with E-state index in [1.165, 1.54) is 10.2 Å². The lowest BCUT2D eigenvalue weighted by atomic mass is 10.0. The van der Waals surface area contributed by atoms with Gasteiger partial charge in [0, 0.05) is 12.1 Å². The molecule has 1 aliphatic heterocycles. The topological polar surface area (TPSA) is 73.7 Å². The summed E-state index contributed by atoms with van der Waals surface area (Å²) in [5.41, 5.74) is 2.37. The number of amides is 1. The molecule has 0 N–H and O–H groups in total. The standard InChI is InChI=1S/C16H19N3O4S/c1-22-11-5-6-14(23-2)12(8-11)13-4-3-7-18(13)15(20)9-19-16(21)24-10-17-19/h5-6,8,10,13H,3-4,7,9H2,1-2H3/t13-/m0/s1. The Morgan fingerprint density at radius 1 is 1.38 bits per heavy atom. The van der Waals surface area contributed by atoms with Crippen molar-refractivity contribution >= 4 is 17.2 Å². The molecule has 24 heavy (non-hydrogen) atoms. The molecule has 2 heterocycles. The molecule has 0 aliphatic carbocycles. The van der Waals surface area contributed by atoms with Crippen LogP contribution in [0.2, 0.25) is 0 Å². The first-order chi connectivity index (χ1) is 11.6. The van der Waals surface area contributed by atoms with Crippen LogP contribution in [0.5, 0.6) is 11.5 Å². The van der Waals surface area contributed by atoms with Gasteiger partial charge in [-0.15, -0.1) is 0 Å². The molecule has 8 heteroatoms. The molecule has 0 spiro atoms. The number of aromatic nitrogens is 2. The average Bonchev–Trinajstić information content (AvgIpc) is 3.23. The molecule has 1 amide bonds. The van der Waals surface area contributed by atoms with E-state index < -0.39 is 0 Å². The lowest BCUT2D eigenvalue weighted by Crippen LogP contribution is -2.35. The number of hydrogen-bond acceptors (Lipinski definition) is 6. The summed E-state index contributed by atoms with van der Waals surface area (Å²) in [7, 11) is 3.22. The predicted molar refractivity (Wildman–Crippen MR) is 89.6 cm³/mol. The Hall–Kier alpha value is -2.35. The van der Waals surface area contributed by atoms with E-state index in [2.05, 4.69) is 5.10 Å². The number of benzene rings is 1. The van der Waals surface area contributed by atoms with Crippen LogP contribution in [-0.2, 0) is 11.3 Å². The first-order valence-electron chi connectivity index (χ1n) is 7.66. The van der Waals surface area contributed by atoms with E-state index in [4.69, 9.17) is 9.47 Å². The third-order valence-electron chi connectivity index (χ3n) is 4.20. The summed E-state index contributed by atoms with van der Waals surface area (Å²) in [5.74, 6) is 1.34. The summed E-state index contributed by atoms with van der Waals surface area (Å²) in [6.45, 7) is 0.619. The molecule has 0 bridgehead atoms. The second-order valence-electron chi connectivity index (χ2n) is 5.52. The molecule has 1 aromatic carbocycles. The monoisotopic (exact) mass is 349 g/mol. The Morgan fingerprint density at radius 2 is 2.21 bits per heavy atom. The van der Waals surface area contributed by atoms with Crippen molar-refractivity contribution in [3.63, 3.8) is 0 Å². The predicted octanol–water partition coefficient (Wildman–Crippen LogP) is 1.69. The molecule has 1 atom stereocenters. The SMILES string of the molecule is COc1ccc(OC)c([C@@H]2CCCN2C(=O)Cn2ncsc2=O)c1. The Labute approximate surface area is 143 Å². The van der Waals surface area contributed by atoms with E-state index in [9.17, 15) is 9.59 Å². The Balaban J connectivity index is 1.86. The van der Waals surface area contributed by atoms with Gasteiger partial charge in [0.1, 0.15) is 23.6 Å². The fraction of sp³-hybridized carbons (Fsp3) is 0.438. The minimum Gasteiger partial charge on any atom is -0.497 e. The van der Waals surface area contributed by atoms with Gasteiger partial charge in [-0.1, -0.05) is 11.3 Å². The van der Waals surface area contributed by atoms with Crippen LogP contribution in [0.25, 0.3) is 0 Å². The lowest BCUT2D eigenvalue weighted by Gasteiger charge is -2.26. The zero-order chi connectivity index (χ0) is 17.1. The van der Waals surface area contributed by atoms with Gasteiger partial charge in [-0.3, -0.25) is 9.59 Å². The van der Waals surface area contributed by atoms with Gasteiger partial charge < -0.3 is 14.4 Å². The third kappa shape index (κ3) is 3.14. The van der Waals surface area contributed by atoms with E-state index in [0.29, 0.717) is 6.54 Å². The summed E-state index contributed by atoms with van der Waals surface area (Å²) in [6, 6.07) is 5.50. The van der Waals surface area contributed by atoms with Crippen LogP contribution in [-0.4, -0.2) is 41.4 Å². The Kier molecular flexibility index (Phi) is 4.84. The fourth-order valence-corrected chi connectivity index (χ4v) is 3.53. The quantitative estimate of drug-likeness (QED) is 0.821. The van der Waals surface area contributed by atoms with Crippen LogP contribution in [0, 0.1) is 0 Å². The minimum absolute atomic E-state index is 0.0366. The van der Waals surface area contributed by atoms with Gasteiger partial charge in [0.05, 0.1) is 20.3 Å². The van der Waals surface area contributed by atoms with Gasteiger partial charge in [-0.05, 0) is 31.0 Å². The van der Waals surface area contributed by atoms with Crippen molar-refractivity contribution in [3.05, 3.63) is 38.9 Å². The van der Waals surface area contributed by atoms with E-state index in [-0.39, 0.29) is 23.4 Å². The average molecular weight is 349 g/mol. The van der Waals surface area contributed by atoms with Gasteiger partial charge in [-0.25, -0.2) is 4.68 Å². The highest BCUT2D eigenvalue weighted by Gasteiger charge is 2.32. The van der Waals surface area contributed by atoms with Gasteiger partial charge in [0.2, 0.25) is 5.91 Å². The van der Waals surface area contributed by atoms with Crippen LogP contribution in [0.3, 0.4) is 0 Å². The molecule has 1 aromatic heterocycles. The smallest absolute Gasteiger partial charge is 0.325 e. The van der Waals surface area contributed by atoms with Crippen molar-refractivity contribution in [2.75, 3.05) is 20.8 Å². The van der Waals surface area contributed by atoms with E-state index >= 15 is 0 Å². The largest absolute Gasteiger partial charge is 0.497 e. The molecular formula is C16H19N3O4S. The highest BCUT2D eigenvalue weighted by atomic mass is 32.1. The van der Waals surface area contributed by atoms with Gasteiger partial charge in [0.15, 0.2) is 0 Å². The van der Waals surface area contributed by atoms with Crippen LogP contribution in [0.15, 0.2) is 28.5 Å². The number of methoxy groups -OCH3 is 2. The Bertz CT molecular complexity index is 786. The molecule has 0 radical (unpaired) electrons. The molecule has 128 valence electrons. The molecule has 0 saturated carbocycles. The van der Waals surface area contributed by atoms with Crippen molar-refractivity contribution in [1.29, 1.82) is 0 Å². The normalized spacial score (nSPS) is 17.1. The Morgan fingerprint density at radius 3 is 2.88 bits per heavy atom. The first kappa shape index (κ1) is 16.5. The maximum Gasteiger partial charge on any atom is 0.325 e. The van der Waals surface area contributed by atoms with Crippen molar-refractivity contribution in [3.8, 4) is 11.5 Å². The van der Waals surface area contributed by atoms with Gasteiger partial charge >= 0.3 is 4.87 Å². The fourth-order valence-electron chi connectivity index (χ4n) is 3.05. The number of hydrogen-bond donors (Lipinski definition) is 0. The van der Waals surface area contributed by atoms with E-state index in [1.807, 2.05) is 18.2 Å². The highest BCUT2D eigenvalue weighted by molar-refractivity contribution is 7.06. The van der Waals surface area contributed by atoms with Gasteiger partial charge in [-0.2, -0.15) is 5.10 Å². The maximum atomic E-state index is 12.7. The maximum absolute atomic E-state index is 12.7. The number of ether oxygens (including phenoxy) is 2. The lowest BCUT2D eigenvalue weighted by molar-refractivity contribution is -0.133. The van der Waals surface area contributed by atoms with Crippen molar-refractivity contribution < 1.29 is 14.3 Å². The summed E-state index contributed by atoms with van der Waals surface area (Å²) in [5, 5.41) is 3.92. The summed E-state index contributed by atoms with van der Waals surface area (Å²) < 4.78 is 11.9. The zero-order valence-corrected chi connectivity index (χ0v) is 14.4. The number of likely N-dealkylation sites (tertiary alicyclic amines) is 1. The second kappa shape index (κ2) is 7.04. The molecular weight excluding hydrogens is 330 g/mol. The third-order valence-corrected chi connectivity index (χ3v) is 4.82. The van der Waals surface area contributed by atoms with E-state index in [1.54, 1.807) is 19.1 Å². The van der Waals surface area contributed by atoms with Crippen molar-refractivity contribution in [1.82, 2.24) is 14.7 Å². The molecule has 7 nitrogen and oxygen atoms in total. The summed E-state index contributed by atoms with van der Waals surface area (Å²) >= 11 is 0.986. The molecule has 1 saturated heterocycles. The van der Waals surface area contributed by atoms with Crippen LogP contribution in [0.1, 0.15) is 24.4 Å². The molecule has 1 fully saturated rings. The summed E-state index contributed by atoms with van der Waals surface area (Å²) in [6.07, 6.45) is 1.75. The van der Waals surface area contributed by atoms with Crippen molar-refractivity contribution in [2.45, 2.75) is 25.4 Å². The molecule has 1 aliphatic rings. The number of carbonyl (C=O) groups excluding carboxylic acids is 1.